The number of carbonyl (C=O) groups is 1. The summed E-state index contributed by atoms with van der Waals surface area (Å²) in [5.74, 6) is -1.02. The molecular weight excluding hydrogens is 201 g/mol. The third kappa shape index (κ3) is 2.19. The van der Waals surface area contributed by atoms with E-state index in [9.17, 15) is 9.18 Å². The average Bonchev–Trinajstić information content (AvgIpc) is 2.30. The quantitative estimate of drug-likeness (QED) is 0.679. The first kappa shape index (κ1) is 10.2. The molecule has 0 amide bonds. The fourth-order valence-electron chi connectivity index (χ4n) is 1.39. The Morgan fingerprint density at radius 1 is 1.53 bits per heavy atom. The summed E-state index contributed by atoms with van der Waals surface area (Å²) in [4.78, 5) is 15.3. The SMILES string of the molecule is O=C(c1ccncc1F)C1COCCO1. The van der Waals surface area contributed by atoms with Crippen molar-refractivity contribution in [1.82, 2.24) is 4.98 Å². The second kappa shape index (κ2) is 4.46. The zero-order valence-electron chi connectivity index (χ0n) is 7.98. The van der Waals surface area contributed by atoms with E-state index in [1.165, 1.54) is 12.3 Å². The van der Waals surface area contributed by atoms with E-state index in [1.54, 1.807) is 0 Å². The van der Waals surface area contributed by atoms with Crippen LogP contribution >= 0.6 is 0 Å². The Balaban J connectivity index is 2.16. The molecule has 4 nitrogen and oxygen atoms in total. The van der Waals surface area contributed by atoms with E-state index in [0.717, 1.165) is 6.20 Å². The normalized spacial score (nSPS) is 21.3. The van der Waals surface area contributed by atoms with Crippen molar-refractivity contribution in [3.05, 3.63) is 29.8 Å². The highest BCUT2D eigenvalue weighted by molar-refractivity contribution is 5.99. The number of ketones is 1. The van der Waals surface area contributed by atoms with Crippen LogP contribution in [0.25, 0.3) is 0 Å². The Morgan fingerprint density at radius 2 is 2.40 bits per heavy atom. The number of aromatic nitrogens is 1. The van der Waals surface area contributed by atoms with Gasteiger partial charge in [-0.2, -0.15) is 0 Å². The second-order valence-electron chi connectivity index (χ2n) is 3.15. The topological polar surface area (TPSA) is 48.4 Å². The number of rotatable bonds is 2. The molecule has 1 fully saturated rings. The predicted octanol–water partition coefficient (Wildman–Crippen LogP) is 0.819. The number of pyridine rings is 1. The molecule has 80 valence electrons. The van der Waals surface area contributed by atoms with Gasteiger partial charge in [-0.15, -0.1) is 0 Å². The summed E-state index contributed by atoms with van der Waals surface area (Å²) >= 11 is 0. The van der Waals surface area contributed by atoms with E-state index >= 15 is 0 Å². The van der Waals surface area contributed by atoms with Crippen LogP contribution in [0.1, 0.15) is 10.4 Å². The monoisotopic (exact) mass is 211 g/mol. The van der Waals surface area contributed by atoms with Crippen LogP contribution in [0.4, 0.5) is 4.39 Å². The molecule has 2 rings (SSSR count). The van der Waals surface area contributed by atoms with Gasteiger partial charge in [0.05, 0.1) is 31.6 Å². The van der Waals surface area contributed by atoms with Gasteiger partial charge in [-0.05, 0) is 6.07 Å². The van der Waals surface area contributed by atoms with Gasteiger partial charge < -0.3 is 9.47 Å². The molecule has 0 aromatic carbocycles. The number of hydrogen-bond acceptors (Lipinski definition) is 4. The van der Waals surface area contributed by atoms with E-state index in [2.05, 4.69) is 4.98 Å². The summed E-state index contributed by atoms with van der Waals surface area (Å²) < 4.78 is 23.5. The van der Waals surface area contributed by atoms with Gasteiger partial charge in [-0.25, -0.2) is 4.39 Å². The number of carbonyl (C=O) groups excluding carboxylic acids is 1. The number of halogens is 1. The molecule has 1 saturated heterocycles. The molecule has 1 atom stereocenters. The van der Waals surface area contributed by atoms with E-state index in [-0.39, 0.29) is 12.2 Å². The maximum Gasteiger partial charge on any atom is 0.196 e. The van der Waals surface area contributed by atoms with Crippen molar-refractivity contribution in [2.45, 2.75) is 6.10 Å². The van der Waals surface area contributed by atoms with Crippen molar-refractivity contribution < 1.29 is 18.7 Å². The standard InChI is InChI=1S/C10H10FNO3/c11-8-5-12-2-1-7(8)10(13)9-6-14-3-4-15-9/h1-2,5,9H,3-4,6H2. The van der Waals surface area contributed by atoms with Crippen molar-refractivity contribution in [3.63, 3.8) is 0 Å². The molecule has 0 bridgehead atoms. The lowest BCUT2D eigenvalue weighted by atomic mass is 10.1. The minimum absolute atomic E-state index is 0.000463. The molecule has 1 aliphatic heterocycles. The van der Waals surface area contributed by atoms with Crippen LogP contribution < -0.4 is 0 Å². The van der Waals surface area contributed by atoms with Gasteiger partial charge in [-0.1, -0.05) is 0 Å². The first-order valence-corrected chi connectivity index (χ1v) is 4.62. The number of hydrogen-bond donors (Lipinski definition) is 0. The molecule has 5 heteroatoms. The Hall–Kier alpha value is -1.33. The summed E-state index contributed by atoms with van der Waals surface area (Å²) in [6, 6.07) is 1.34. The lowest BCUT2D eigenvalue weighted by Crippen LogP contribution is -2.35. The van der Waals surface area contributed by atoms with Crippen LogP contribution in [-0.4, -0.2) is 36.7 Å². The van der Waals surface area contributed by atoms with Crippen LogP contribution in [0, 0.1) is 5.82 Å². The molecule has 0 spiro atoms. The fourth-order valence-corrected chi connectivity index (χ4v) is 1.39. The molecule has 15 heavy (non-hydrogen) atoms. The molecule has 1 aromatic rings. The third-order valence-electron chi connectivity index (χ3n) is 2.15. The summed E-state index contributed by atoms with van der Waals surface area (Å²) in [5.41, 5.74) is 0.000463. The van der Waals surface area contributed by atoms with E-state index in [4.69, 9.17) is 9.47 Å². The fraction of sp³-hybridized carbons (Fsp3) is 0.400. The van der Waals surface area contributed by atoms with E-state index < -0.39 is 17.7 Å². The lowest BCUT2D eigenvalue weighted by molar-refractivity contribution is -0.0720. The summed E-state index contributed by atoms with van der Waals surface area (Å²) in [6.07, 6.45) is 1.69. The smallest absolute Gasteiger partial charge is 0.196 e. The Morgan fingerprint density at radius 3 is 3.07 bits per heavy atom. The third-order valence-corrected chi connectivity index (χ3v) is 2.15. The maximum atomic E-state index is 13.2. The minimum atomic E-state index is -0.698. The first-order valence-electron chi connectivity index (χ1n) is 4.62. The number of Topliss-reactive ketones (excluding diaryl/α,β-unsaturated/α-hetero) is 1. The summed E-state index contributed by atoms with van der Waals surface area (Å²) in [5, 5.41) is 0. The highest BCUT2D eigenvalue weighted by atomic mass is 19.1. The molecule has 1 aliphatic rings. The van der Waals surface area contributed by atoms with Crippen LogP contribution in [0.3, 0.4) is 0 Å². The Kier molecular flexibility index (Phi) is 3.03. The molecule has 2 heterocycles. The van der Waals surface area contributed by atoms with Gasteiger partial charge >= 0.3 is 0 Å². The first-order chi connectivity index (χ1) is 7.29. The molecular formula is C10H10FNO3. The minimum Gasteiger partial charge on any atom is -0.376 e. The predicted molar refractivity (Wildman–Crippen MR) is 49.1 cm³/mol. The van der Waals surface area contributed by atoms with Gasteiger partial charge in [0.1, 0.15) is 6.10 Å². The number of nitrogens with zero attached hydrogens (tertiary/aromatic N) is 1. The molecule has 0 aliphatic carbocycles. The molecule has 0 saturated carbocycles. The number of ether oxygens (including phenoxy) is 2. The van der Waals surface area contributed by atoms with Gasteiger partial charge in [0, 0.05) is 6.20 Å². The van der Waals surface area contributed by atoms with Crippen molar-refractivity contribution in [3.8, 4) is 0 Å². The highest BCUT2D eigenvalue weighted by Crippen LogP contribution is 2.12. The van der Waals surface area contributed by atoms with Crippen LogP contribution in [0.15, 0.2) is 18.5 Å². The summed E-state index contributed by atoms with van der Waals surface area (Å²) in [7, 11) is 0. The average molecular weight is 211 g/mol. The van der Waals surface area contributed by atoms with Gasteiger partial charge in [0.2, 0.25) is 0 Å². The van der Waals surface area contributed by atoms with Gasteiger partial charge in [-0.3, -0.25) is 9.78 Å². The molecule has 1 aromatic heterocycles. The molecule has 1 unspecified atom stereocenters. The van der Waals surface area contributed by atoms with Crippen LogP contribution in [0.2, 0.25) is 0 Å². The zero-order valence-corrected chi connectivity index (χ0v) is 7.98. The van der Waals surface area contributed by atoms with Gasteiger partial charge in [0.25, 0.3) is 0 Å². The Bertz CT molecular complexity index is 363. The van der Waals surface area contributed by atoms with Crippen LogP contribution in [0.5, 0.6) is 0 Å². The van der Waals surface area contributed by atoms with E-state index in [0.29, 0.717) is 13.2 Å². The zero-order chi connectivity index (χ0) is 10.7. The van der Waals surface area contributed by atoms with Crippen molar-refractivity contribution in [2.24, 2.45) is 0 Å². The lowest BCUT2D eigenvalue weighted by Gasteiger charge is -2.21. The van der Waals surface area contributed by atoms with Gasteiger partial charge in [0.15, 0.2) is 11.6 Å². The van der Waals surface area contributed by atoms with Crippen molar-refractivity contribution in [2.75, 3.05) is 19.8 Å². The maximum absolute atomic E-state index is 13.2. The van der Waals surface area contributed by atoms with E-state index in [1.807, 2.05) is 0 Å². The largest absolute Gasteiger partial charge is 0.376 e. The van der Waals surface area contributed by atoms with Crippen molar-refractivity contribution >= 4 is 5.78 Å². The molecule has 0 N–H and O–H groups in total. The highest BCUT2D eigenvalue weighted by Gasteiger charge is 2.25. The Labute approximate surface area is 86.0 Å². The van der Waals surface area contributed by atoms with Crippen molar-refractivity contribution in [1.29, 1.82) is 0 Å². The van der Waals surface area contributed by atoms with Crippen LogP contribution in [-0.2, 0) is 9.47 Å². The molecule has 0 radical (unpaired) electrons. The second-order valence-corrected chi connectivity index (χ2v) is 3.15. The summed E-state index contributed by atoms with van der Waals surface area (Å²) in [6.45, 7) is 1.02.